The number of rotatable bonds is 5. The Kier molecular flexibility index (Phi) is 5.24. The fourth-order valence-electron chi connectivity index (χ4n) is 3.31. The molecule has 0 aromatic carbocycles. The van der Waals surface area contributed by atoms with E-state index in [4.69, 9.17) is 5.84 Å². The number of nitrogens with two attached hydrogens (primary N) is 1. The lowest BCUT2D eigenvalue weighted by Crippen LogP contribution is -2.32. The monoisotopic (exact) mass is 277 g/mol. The maximum absolute atomic E-state index is 11.9. The van der Waals surface area contributed by atoms with Crippen molar-refractivity contribution in [1.82, 2.24) is 9.99 Å². The Labute approximate surface area is 121 Å². The molecule has 1 saturated carbocycles. The molecule has 20 heavy (non-hydrogen) atoms. The number of nitrogens with zero attached hydrogens (tertiary/aromatic N) is 1. The van der Waals surface area contributed by atoms with E-state index >= 15 is 0 Å². The van der Waals surface area contributed by atoms with Gasteiger partial charge in [0.15, 0.2) is 0 Å². The molecule has 1 aromatic rings. The van der Waals surface area contributed by atoms with Crippen LogP contribution in [0.4, 0.5) is 0 Å². The van der Waals surface area contributed by atoms with Crippen molar-refractivity contribution in [3.63, 3.8) is 0 Å². The average molecular weight is 277 g/mol. The summed E-state index contributed by atoms with van der Waals surface area (Å²) in [4.78, 5) is 11.9. The van der Waals surface area contributed by atoms with Gasteiger partial charge in [0.1, 0.15) is 5.69 Å². The Morgan fingerprint density at radius 2 is 2.10 bits per heavy atom. The second-order valence-electron chi connectivity index (χ2n) is 6.02. The molecule has 1 aliphatic rings. The molecular formula is C16H27N3O. The molecule has 1 amide bonds. The fraction of sp³-hybridized carbons (Fsp3) is 0.688. The third-order valence-electron chi connectivity index (χ3n) is 4.62. The number of nitrogen functional groups attached to an aromatic ring is 1. The summed E-state index contributed by atoms with van der Waals surface area (Å²) in [5, 5.41) is 0. The quantitative estimate of drug-likeness (QED) is 0.493. The van der Waals surface area contributed by atoms with E-state index in [0.717, 1.165) is 18.8 Å². The van der Waals surface area contributed by atoms with Crippen LogP contribution in [0.3, 0.4) is 0 Å². The van der Waals surface area contributed by atoms with Gasteiger partial charge in [-0.2, -0.15) is 0 Å². The van der Waals surface area contributed by atoms with E-state index < -0.39 is 0 Å². The van der Waals surface area contributed by atoms with Gasteiger partial charge in [-0.15, -0.1) is 0 Å². The van der Waals surface area contributed by atoms with E-state index in [2.05, 4.69) is 29.9 Å². The molecule has 1 fully saturated rings. The minimum atomic E-state index is -0.194. The number of hydrogen-bond acceptors (Lipinski definition) is 2. The molecule has 0 radical (unpaired) electrons. The van der Waals surface area contributed by atoms with Crippen molar-refractivity contribution < 1.29 is 4.79 Å². The summed E-state index contributed by atoms with van der Waals surface area (Å²) in [6.45, 7) is 4.32. The summed E-state index contributed by atoms with van der Waals surface area (Å²) in [6, 6.07) is 4.34. The number of amides is 1. The van der Waals surface area contributed by atoms with Crippen molar-refractivity contribution in [1.29, 1.82) is 0 Å². The van der Waals surface area contributed by atoms with Gasteiger partial charge in [0.25, 0.3) is 5.91 Å². The maximum atomic E-state index is 11.9. The molecule has 3 N–H and O–H groups in total. The van der Waals surface area contributed by atoms with Gasteiger partial charge in [-0.05, 0) is 37.8 Å². The van der Waals surface area contributed by atoms with E-state index in [1.807, 2.05) is 6.07 Å². The van der Waals surface area contributed by atoms with Crippen molar-refractivity contribution >= 4 is 5.91 Å². The number of hydrazine groups is 1. The second kappa shape index (κ2) is 6.93. The zero-order chi connectivity index (χ0) is 14.5. The van der Waals surface area contributed by atoms with Gasteiger partial charge in [-0.1, -0.05) is 39.0 Å². The minimum Gasteiger partial charge on any atom is -0.338 e. The normalized spacial score (nSPS) is 17.9. The van der Waals surface area contributed by atoms with Gasteiger partial charge >= 0.3 is 0 Å². The third-order valence-corrected chi connectivity index (χ3v) is 4.62. The molecule has 2 rings (SSSR count). The van der Waals surface area contributed by atoms with Crippen molar-refractivity contribution in [3.8, 4) is 0 Å². The van der Waals surface area contributed by atoms with Gasteiger partial charge < -0.3 is 4.57 Å². The summed E-state index contributed by atoms with van der Waals surface area (Å²) >= 11 is 0. The topological polar surface area (TPSA) is 60.0 Å². The molecule has 0 aliphatic heterocycles. The summed E-state index contributed by atoms with van der Waals surface area (Å²) in [5.74, 6) is 5.87. The SMILES string of the molecule is CCC(C)n1c(CC2CCCCC2)ccc1C(=O)NN. The first-order chi connectivity index (χ1) is 9.67. The standard InChI is InChI=1S/C16H27N3O/c1-3-12(2)19-14(9-10-15(19)16(20)18-17)11-13-7-5-4-6-8-13/h9-10,12-13H,3-8,11,17H2,1-2H3,(H,18,20). The minimum absolute atomic E-state index is 0.194. The van der Waals surface area contributed by atoms with Crippen LogP contribution in [0.1, 0.15) is 74.6 Å². The molecule has 1 aromatic heterocycles. The predicted octanol–water partition coefficient (Wildman–Crippen LogP) is 3.19. The van der Waals surface area contributed by atoms with Crippen LogP contribution in [0.15, 0.2) is 12.1 Å². The maximum Gasteiger partial charge on any atom is 0.281 e. The number of nitrogens with one attached hydrogen (secondary N) is 1. The first kappa shape index (κ1) is 15.1. The lowest BCUT2D eigenvalue weighted by Gasteiger charge is -2.24. The molecule has 1 atom stereocenters. The van der Waals surface area contributed by atoms with Gasteiger partial charge in [-0.3, -0.25) is 10.2 Å². The smallest absolute Gasteiger partial charge is 0.281 e. The summed E-state index contributed by atoms with van der Waals surface area (Å²) in [5.41, 5.74) is 4.23. The highest BCUT2D eigenvalue weighted by molar-refractivity contribution is 5.92. The van der Waals surface area contributed by atoms with Crippen molar-refractivity contribution in [2.24, 2.45) is 11.8 Å². The molecule has 1 aliphatic carbocycles. The Bertz CT molecular complexity index is 447. The number of hydrogen-bond donors (Lipinski definition) is 2. The van der Waals surface area contributed by atoms with Gasteiger partial charge in [-0.25, -0.2) is 5.84 Å². The number of aromatic nitrogens is 1. The van der Waals surface area contributed by atoms with Crippen molar-refractivity contribution in [2.45, 2.75) is 64.8 Å². The summed E-state index contributed by atoms with van der Waals surface area (Å²) in [6.07, 6.45) is 8.83. The van der Waals surface area contributed by atoms with Crippen molar-refractivity contribution in [3.05, 3.63) is 23.5 Å². The van der Waals surface area contributed by atoms with Crippen LogP contribution in [0, 0.1) is 5.92 Å². The Balaban J connectivity index is 2.22. The van der Waals surface area contributed by atoms with E-state index in [9.17, 15) is 4.79 Å². The van der Waals surface area contributed by atoms with Crippen LogP contribution < -0.4 is 11.3 Å². The lowest BCUT2D eigenvalue weighted by molar-refractivity contribution is 0.0941. The van der Waals surface area contributed by atoms with E-state index in [1.54, 1.807) is 0 Å². The first-order valence-corrected chi connectivity index (χ1v) is 7.88. The highest BCUT2D eigenvalue weighted by Crippen LogP contribution is 2.29. The van der Waals surface area contributed by atoms with Crippen LogP contribution in [-0.4, -0.2) is 10.5 Å². The zero-order valence-electron chi connectivity index (χ0n) is 12.7. The van der Waals surface area contributed by atoms with Crippen LogP contribution in [-0.2, 0) is 6.42 Å². The summed E-state index contributed by atoms with van der Waals surface area (Å²) in [7, 11) is 0. The van der Waals surface area contributed by atoms with Gasteiger partial charge in [0.2, 0.25) is 0 Å². The highest BCUT2D eigenvalue weighted by atomic mass is 16.2. The molecule has 4 nitrogen and oxygen atoms in total. The van der Waals surface area contributed by atoms with Gasteiger partial charge in [0, 0.05) is 11.7 Å². The van der Waals surface area contributed by atoms with E-state index in [-0.39, 0.29) is 5.91 Å². The van der Waals surface area contributed by atoms with Crippen LogP contribution in [0.2, 0.25) is 0 Å². The van der Waals surface area contributed by atoms with Crippen LogP contribution in [0.5, 0.6) is 0 Å². The third kappa shape index (κ3) is 3.23. The van der Waals surface area contributed by atoms with E-state index in [0.29, 0.717) is 11.7 Å². The molecule has 4 heteroatoms. The highest BCUT2D eigenvalue weighted by Gasteiger charge is 2.21. The predicted molar refractivity (Wildman–Crippen MR) is 81.4 cm³/mol. The summed E-state index contributed by atoms with van der Waals surface area (Å²) < 4.78 is 2.18. The largest absolute Gasteiger partial charge is 0.338 e. The number of carbonyl (C=O) groups is 1. The molecule has 1 unspecified atom stereocenters. The Morgan fingerprint density at radius 1 is 1.40 bits per heavy atom. The average Bonchev–Trinajstić information content (AvgIpc) is 2.90. The molecule has 1 heterocycles. The molecule has 0 spiro atoms. The fourth-order valence-corrected chi connectivity index (χ4v) is 3.31. The Hall–Kier alpha value is -1.29. The molecule has 0 bridgehead atoms. The molecular weight excluding hydrogens is 250 g/mol. The molecule has 0 saturated heterocycles. The van der Waals surface area contributed by atoms with Gasteiger partial charge in [0.05, 0.1) is 0 Å². The lowest BCUT2D eigenvalue weighted by atomic mass is 9.86. The second-order valence-corrected chi connectivity index (χ2v) is 6.02. The first-order valence-electron chi connectivity index (χ1n) is 7.88. The molecule has 112 valence electrons. The van der Waals surface area contributed by atoms with Crippen LogP contribution >= 0.6 is 0 Å². The van der Waals surface area contributed by atoms with E-state index in [1.165, 1.54) is 37.8 Å². The van der Waals surface area contributed by atoms with Crippen LogP contribution in [0.25, 0.3) is 0 Å². The Morgan fingerprint density at radius 3 is 2.70 bits per heavy atom. The van der Waals surface area contributed by atoms with Crippen molar-refractivity contribution in [2.75, 3.05) is 0 Å². The zero-order valence-corrected chi connectivity index (χ0v) is 12.7. The number of carbonyl (C=O) groups excluding carboxylic acids is 1.